The Morgan fingerprint density at radius 3 is 2.53 bits per heavy atom. The maximum absolute atomic E-state index is 12.1. The summed E-state index contributed by atoms with van der Waals surface area (Å²) in [4.78, 5) is 12.1. The Balaban J connectivity index is 2.04. The van der Waals surface area contributed by atoms with Crippen LogP contribution < -0.4 is 11.1 Å². The first-order valence-electron chi connectivity index (χ1n) is 6.39. The van der Waals surface area contributed by atoms with Crippen molar-refractivity contribution in [2.45, 2.75) is 51.0 Å². The van der Waals surface area contributed by atoms with Gasteiger partial charge in [0.05, 0.1) is 0 Å². The van der Waals surface area contributed by atoms with E-state index in [9.17, 15) is 4.79 Å². The second kappa shape index (κ2) is 4.55. The molecule has 0 aliphatic heterocycles. The number of oxime groups is 1. The monoisotopic (exact) mass is 239 g/mol. The highest BCUT2D eigenvalue weighted by Gasteiger charge is 2.42. The highest BCUT2D eigenvalue weighted by molar-refractivity contribution is 5.94. The van der Waals surface area contributed by atoms with E-state index in [1.54, 1.807) is 0 Å². The summed E-state index contributed by atoms with van der Waals surface area (Å²) in [5, 5.41) is 14.9. The van der Waals surface area contributed by atoms with Gasteiger partial charge < -0.3 is 16.3 Å². The van der Waals surface area contributed by atoms with E-state index in [1.807, 2.05) is 6.92 Å². The van der Waals surface area contributed by atoms with Gasteiger partial charge in [0.25, 0.3) is 0 Å². The van der Waals surface area contributed by atoms with Gasteiger partial charge in [0.2, 0.25) is 5.91 Å². The number of nitrogens with zero attached hydrogens (tertiary/aromatic N) is 1. The number of amidine groups is 1. The molecule has 0 radical (unpaired) electrons. The van der Waals surface area contributed by atoms with Crippen molar-refractivity contribution in [3.63, 3.8) is 0 Å². The molecule has 2 rings (SSSR count). The highest BCUT2D eigenvalue weighted by atomic mass is 16.4. The van der Waals surface area contributed by atoms with Crippen molar-refractivity contribution in [1.29, 1.82) is 0 Å². The molecule has 5 heteroatoms. The number of carbonyl (C=O) groups excluding carboxylic acids is 1. The van der Waals surface area contributed by atoms with Gasteiger partial charge in [-0.15, -0.1) is 0 Å². The maximum Gasteiger partial charge on any atom is 0.223 e. The molecule has 0 aromatic heterocycles. The first kappa shape index (κ1) is 12.2. The number of amides is 1. The van der Waals surface area contributed by atoms with E-state index in [0.29, 0.717) is 5.92 Å². The van der Waals surface area contributed by atoms with Crippen molar-refractivity contribution in [3.8, 4) is 0 Å². The molecule has 0 saturated heterocycles. The van der Waals surface area contributed by atoms with Crippen LogP contribution in [0.2, 0.25) is 0 Å². The standard InChI is InChI=1S/C12H21N3O2/c1-8(9-4-5-9)10(16)14-12(11(13)15-17)6-2-3-7-12/h8-9,17H,2-7H2,1H3,(H2,13,15)(H,14,16). The smallest absolute Gasteiger partial charge is 0.223 e. The first-order valence-corrected chi connectivity index (χ1v) is 6.39. The van der Waals surface area contributed by atoms with Gasteiger partial charge in [-0.05, 0) is 31.6 Å². The van der Waals surface area contributed by atoms with Crippen molar-refractivity contribution in [1.82, 2.24) is 5.32 Å². The van der Waals surface area contributed by atoms with Crippen LogP contribution >= 0.6 is 0 Å². The van der Waals surface area contributed by atoms with Crippen LogP contribution in [0.4, 0.5) is 0 Å². The predicted molar refractivity (Wildman–Crippen MR) is 64.6 cm³/mol. The zero-order valence-corrected chi connectivity index (χ0v) is 10.3. The van der Waals surface area contributed by atoms with Crippen molar-refractivity contribution in [2.24, 2.45) is 22.7 Å². The van der Waals surface area contributed by atoms with Gasteiger partial charge in [0.1, 0.15) is 5.54 Å². The largest absolute Gasteiger partial charge is 0.409 e. The normalized spacial score (nSPS) is 25.6. The Kier molecular flexibility index (Phi) is 3.26. The molecular formula is C12H21N3O2. The summed E-state index contributed by atoms with van der Waals surface area (Å²) in [5.41, 5.74) is 5.14. The number of nitrogens with two attached hydrogens (primary N) is 1. The Labute approximate surface area is 101 Å². The molecule has 1 unspecified atom stereocenters. The third-order valence-electron chi connectivity index (χ3n) is 4.16. The van der Waals surface area contributed by atoms with E-state index in [0.717, 1.165) is 38.5 Å². The minimum atomic E-state index is -0.602. The fourth-order valence-electron chi connectivity index (χ4n) is 2.68. The molecule has 5 nitrogen and oxygen atoms in total. The predicted octanol–water partition coefficient (Wildman–Crippen LogP) is 1.21. The van der Waals surface area contributed by atoms with Crippen LogP contribution in [-0.4, -0.2) is 22.5 Å². The van der Waals surface area contributed by atoms with Gasteiger partial charge in [-0.2, -0.15) is 0 Å². The van der Waals surface area contributed by atoms with Crippen LogP contribution in [0, 0.1) is 11.8 Å². The third kappa shape index (κ3) is 2.37. The lowest BCUT2D eigenvalue weighted by atomic mass is 9.94. The first-order chi connectivity index (χ1) is 8.09. The van der Waals surface area contributed by atoms with Crippen molar-refractivity contribution < 1.29 is 10.0 Å². The average Bonchev–Trinajstić information content (AvgIpc) is 3.08. The second-order valence-corrected chi connectivity index (χ2v) is 5.39. The van der Waals surface area contributed by atoms with Crippen LogP contribution in [0.5, 0.6) is 0 Å². The van der Waals surface area contributed by atoms with Gasteiger partial charge in [-0.3, -0.25) is 4.79 Å². The number of hydrogen-bond acceptors (Lipinski definition) is 3. The van der Waals surface area contributed by atoms with Crippen LogP contribution in [-0.2, 0) is 4.79 Å². The number of rotatable bonds is 4. The Hall–Kier alpha value is -1.26. The van der Waals surface area contributed by atoms with E-state index < -0.39 is 5.54 Å². The van der Waals surface area contributed by atoms with E-state index in [4.69, 9.17) is 10.9 Å². The van der Waals surface area contributed by atoms with E-state index in [-0.39, 0.29) is 17.7 Å². The molecule has 2 aliphatic carbocycles. The van der Waals surface area contributed by atoms with Crippen molar-refractivity contribution >= 4 is 11.7 Å². The molecule has 1 amide bonds. The molecule has 1 atom stereocenters. The maximum atomic E-state index is 12.1. The zero-order valence-electron chi connectivity index (χ0n) is 10.3. The fourth-order valence-corrected chi connectivity index (χ4v) is 2.68. The lowest BCUT2D eigenvalue weighted by Gasteiger charge is -2.30. The lowest BCUT2D eigenvalue weighted by Crippen LogP contribution is -2.57. The van der Waals surface area contributed by atoms with E-state index in [2.05, 4.69) is 10.5 Å². The molecule has 0 aromatic carbocycles. The molecule has 0 heterocycles. The minimum Gasteiger partial charge on any atom is -0.409 e. The molecule has 2 saturated carbocycles. The quantitative estimate of drug-likeness (QED) is 0.298. The highest BCUT2D eigenvalue weighted by Crippen LogP contribution is 2.37. The minimum absolute atomic E-state index is 0.0407. The zero-order chi connectivity index (χ0) is 12.5. The van der Waals surface area contributed by atoms with E-state index in [1.165, 1.54) is 0 Å². The van der Waals surface area contributed by atoms with Crippen LogP contribution in [0.1, 0.15) is 45.4 Å². The van der Waals surface area contributed by atoms with Gasteiger partial charge in [-0.1, -0.05) is 24.9 Å². The lowest BCUT2D eigenvalue weighted by molar-refractivity contribution is -0.126. The average molecular weight is 239 g/mol. The second-order valence-electron chi connectivity index (χ2n) is 5.39. The molecule has 4 N–H and O–H groups in total. The summed E-state index contributed by atoms with van der Waals surface area (Å²) in [6.45, 7) is 1.96. The summed E-state index contributed by atoms with van der Waals surface area (Å²) >= 11 is 0. The number of hydrogen-bond donors (Lipinski definition) is 3. The van der Waals surface area contributed by atoms with Crippen LogP contribution in [0.3, 0.4) is 0 Å². The summed E-state index contributed by atoms with van der Waals surface area (Å²) in [6.07, 6.45) is 5.84. The molecule has 0 spiro atoms. The number of nitrogens with one attached hydrogen (secondary N) is 1. The van der Waals surface area contributed by atoms with Crippen LogP contribution in [0.15, 0.2) is 5.16 Å². The third-order valence-corrected chi connectivity index (χ3v) is 4.16. The summed E-state index contributed by atoms with van der Waals surface area (Å²) in [7, 11) is 0. The summed E-state index contributed by atoms with van der Waals surface area (Å²) < 4.78 is 0. The molecule has 0 bridgehead atoms. The van der Waals surface area contributed by atoms with Gasteiger partial charge in [0.15, 0.2) is 5.84 Å². The van der Waals surface area contributed by atoms with Gasteiger partial charge in [-0.25, -0.2) is 0 Å². The topological polar surface area (TPSA) is 87.7 Å². The number of carbonyl (C=O) groups is 1. The molecule has 2 fully saturated rings. The Morgan fingerprint density at radius 1 is 1.47 bits per heavy atom. The van der Waals surface area contributed by atoms with Crippen molar-refractivity contribution in [2.75, 3.05) is 0 Å². The summed E-state index contributed by atoms with van der Waals surface area (Å²) in [6, 6.07) is 0. The van der Waals surface area contributed by atoms with Crippen LogP contribution in [0.25, 0.3) is 0 Å². The fraction of sp³-hybridized carbons (Fsp3) is 0.833. The molecule has 0 aromatic rings. The molecule has 96 valence electrons. The van der Waals surface area contributed by atoms with Gasteiger partial charge in [0, 0.05) is 5.92 Å². The molecule has 17 heavy (non-hydrogen) atoms. The van der Waals surface area contributed by atoms with Gasteiger partial charge >= 0.3 is 0 Å². The summed E-state index contributed by atoms with van der Waals surface area (Å²) in [5.74, 6) is 0.757. The molecular weight excluding hydrogens is 218 g/mol. The Bertz CT molecular complexity index is 331. The van der Waals surface area contributed by atoms with Crippen molar-refractivity contribution in [3.05, 3.63) is 0 Å². The van der Waals surface area contributed by atoms with E-state index >= 15 is 0 Å². The Morgan fingerprint density at radius 2 is 2.06 bits per heavy atom. The SMILES string of the molecule is CC(C(=O)NC1(C(N)=NO)CCCC1)C1CC1. The molecule has 2 aliphatic rings.